The first-order valence-corrected chi connectivity index (χ1v) is 6.97. The maximum atomic E-state index is 5.48. The monoisotopic (exact) mass is 323 g/mol. The zero-order valence-electron chi connectivity index (χ0n) is 10.3. The number of nitrogen functional groups attached to an aromatic ring is 1. The van der Waals surface area contributed by atoms with Gasteiger partial charge in [0, 0.05) is 23.8 Å². The molecule has 2 aromatic heterocycles. The first kappa shape index (κ1) is 12.4. The molecular formula is C12H14BrN5O. The van der Waals surface area contributed by atoms with Crippen molar-refractivity contribution in [2.75, 3.05) is 23.7 Å². The van der Waals surface area contributed by atoms with Crippen molar-refractivity contribution < 1.29 is 4.42 Å². The van der Waals surface area contributed by atoms with Gasteiger partial charge in [-0.15, -0.1) is 5.10 Å². The fourth-order valence-corrected chi connectivity index (χ4v) is 2.69. The maximum Gasteiger partial charge on any atom is 0.312 e. The standard InChI is InChI=1S/C12H14BrN5O/c13-9-3-4-15-10(6-9)18-5-1-2-8(7-18)11-16-17-12(14)19-11/h3-4,6,8H,1-2,5,7H2,(H2,14,17). The van der Waals surface area contributed by atoms with Crippen molar-refractivity contribution >= 4 is 27.8 Å². The molecule has 3 rings (SSSR count). The Balaban J connectivity index is 1.78. The predicted octanol–water partition coefficient (Wildman–Crippen LogP) is 2.19. The Morgan fingerprint density at radius 3 is 3.05 bits per heavy atom. The average Bonchev–Trinajstić information content (AvgIpc) is 2.86. The summed E-state index contributed by atoms with van der Waals surface area (Å²) in [7, 11) is 0. The van der Waals surface area contributed by atoms with Crippen LogP contribution in [0.15, 0.2) is 27.2 Å². The molecule has 0 bridgehead atoms. The van der Waals surface area contributed by atoms with Crippen LogP contribution in [-0.4, -0.2) is 28.3 Å². The van der Waals surface area contributed by atoms with Crippen LogP contribution in [0.4, 0.5) is 11.8 Å². The van der Waals surface area contributed by atoms with Crippen LogP contribution >= 0.6 is 15.9 Å². The van der Waals surface area contributed by atoms with Crippen molar-refractivity contribution in [2.24, 2.45) is 0 Å². The Bertz CT molecular complexity index is 573. The number of hydrogen-bond donors (Lipinski definition) is 1. The van der Waals surface area contributed by atoms with Crippen LogP contribution in [0.1, 0.15) is 24.7 Å². The second-order valence-corrected chi connectivity index (χ2v) is 5.51. The molecule has 1 unspecified atom stereocenters. The molecule has 1 aliphatic rings. The van der Waals surface area contributed by atoms with Gasteiger partial charge in [0.1, 0.15) is 5.82 Å². The summed E-state index contributed by atoms with van der Waals surface area (Å²) < 4.78 is 6.36. The highest BCUT2D eigenvalue weighted by Crippen LogP contribution is 2.29. The lowest BCUT2D eigenvalue weighted by molar-refractivity contribution is 0.405. The Morgan fingerprint density at radius 1 is 1.42 bits per heavy atom. The van der Waals surface area contributed by atoms with Crippen molar-refractivity contribution in [3.05, 3.63) is 28.7 Å². The Morgan fingerprint density at radius 2 is 2.32 bits per heavy atom. The van der Waals surface area contributed by atoms with E-state index in [1.54, 1.807) is 6.20 Å². The van der Waals surface area contributed by atoms with Crippen LogP contribution in [0.2, 0.25) is 0 Å². The highest BCUT2D eigenvalue weighted by atomic mass is 79.9. The summed E-state index contributed by atoms with van der Waals surface area (Å²) in [4.78, 5) is 6.64. The van der Waals surface area contributed by atoms with E-state index in [-0.39, 0.29) is 11.9 Å². The van der Waals surface area contributed by atoms with Crippen LogP contribution in [0.5, 0.6) is 0 Å². The van der Waals surface area contributed by atoms with Gasteiger partial charge in [-0.2, -0.15) is 0 Å². The highest BCUT2D eigenvalue weighted by Gasteiger charge is 2.26. The minimum Gasteiger partial charge on any atom is -0.408 e. The summed E-state index contributed by atoms with van der Waals surface area (Å²) >= 11 is 3.47. The number of hydrogen-bond acceptors (Lipinski definition) is 6. The van der Waals surface area contributed by atoms with Crippen molar-refractivity contribution in [3.63, 3.8) is 0 Å². The molecule has 7 heteroatoms. The van der Waals surface area contributed by atoms with Gasteiger partial charge < -0.3 is 15.1 Å². The van der Waals surface area contributed by atoms with Gasteiger partial charge in [0.2, 0.25) is 5.89 Å². The number of anilines is 2. The number of halogens is 1. The lowest BCUT2D eigenvalue weighted by Crippen LogP contribution is -2.35. The fourth-order valence-electron chi connectivity index (χ4n) is 2.36. The molecule has 0 aromatic carbocycles. The van der Waals surface area contributed by atoms with E-state index in [0.717, 1.165) is 36.2 Å². The number of rotatable bonds is 2. The van der Waals surface area contributed by atoms with E-state index >= 15 is 0 Å². The molecule has 2 N–H and O–H groups in total. The van der Waals surface area contributed by atoms with Gasteiger partial charge in [-0.05, 0) is 25.0 Å². The van der Waals surface area contributed by atoms with Crippen molar-refractivity contribution in [1.82, 2.24) is 15.2 Å². The SMILES string of the molecule is Nc1nnc(C2CCCN(c3cc(Br)ccn3)C2)o1. The molecule has 6 nitrogen and oxygen atoms in total. The first-order valence-electron chi connectivity index (χ1n) is 6.18. The number of pyridine rings is 1. The van der Waals surface area contributed by atoms with E-state index in [0.29, 0.717) is 5.89 Å². The third-order valence-electron chi connectivity index (χ3n) is 3.26. The minimum absolute atomic E-state index is 0.132. The average molecular weight is 324 g/mol. The van der Waals surface area contributed by atoms with Gasteiger partial charge in [0.05, 0.1) is 5.92 Å². The van der Waals surface area contributed by atoms with Gasteiger partial charge in [-0.1, -0.05) is 21.0 Å². The smallest absolute Gasteiger partial charge is 0.312 e. The lowest BCUT2D eigenvalue weighted by atomic mass is 9.98. The third kappa shape index (κ3) is 2.70. The maximum absolute atomic E-state index is 5.48. The molecule has 1 aliphatic heterocycles. The molecule has 100 valence electrons. The fraction of sp³-hybridized carbons (Fsp3) is 0.417. The normalized spacial score (nSPS) is 19.6. The summed E-state index contributed by atoms with van der Waals surface area (Å²) in [5, 5.41) is 7.71. The summed E-state index contributed by atoms with van der Waals surface area (Å²) in [6, 6.07) is 4.07. The van der Waals surface area contributed by atoms with E-state index < -0.39 is 0 Å². The summed E-state index contributed by atoms with van der Waals surface area (Å²) in [6.45, 7) is 1.81. The largest absolute Gasteiger partial charge is 0.408 e. The molecule has 0 aliphatic carbocycles. The van der Waals surface area contributed by atoms with Crippen molar-refractivity contribution in [2.45, 2.75) is 18.8 Å². The summed E-state index contributed by atoms with van der Waals surface area (Å²) in [5.74, 6) is 1.81. The highest BCUT2D eigenvalue weighted by molar-refractivity contribution is 9.10. The van der Waals surface area contributed by atoms with E-state index in [9.17, 15) is 0 Å². The number of piperidine rings is 1. The van der Waals surface area contributed by atoms with Crippen LogP contribution in [0, 0.1) is 0 Å². The second kappa shape index (κ2) is 5.16. The van der Waals surface area contributed by atoms with E-state index in [4.69, 9.17) is 10.2 Å². The molecule has 1 atom stereocenters. The van der Waals surface area contributed by atoms with Crippen molar-refractivity contribution in [1.29, 1.82) is 0 Å². The van der Waals surface area contributed by atoms with Crippen LogP contribution < -0.4 is 10.6 Å². The van der Waals surface area contributed by atoms with Gasteiger partial charge >= 0.3 is 6.01 Å². The molecule has 0 saturated carbocycles. The molecule has 19 heavy (non-hydrogen) atoms. The lowest BCUT2D eigenvalue weighted by Gasteiger charge is -2.31. The molecule has 0 amide bonds. The van der Waals surface area contributed by atoms with Gasteiger partial charge in [0.25, 0.3) is 0 Å². The molecule has 3 heterocycles. The summed E-state index contributed by atoms with van der Waals surface area (Å²) in [5.41, 5.74) is 5.48. The molecule has 0 radical (unpaired) electrons. The second-order valence-electron chi connectivity index (χ2n) is 4.60. The predicted molar refractivity (Wildman–Crippen MR) is 74.8 cm³/mol. The van der Waals surface area contributed by atoms with Gasteiger partial charge in [-0.25, -0.2) is 4.98 Å². The zero-order chi connectivity index (χ0) is 13.2. The number of nitrogens with two attached hydrogens (primary N) is 1. The molecule has 0 spiro atoms. The van der Waals surface area contributed by atoms with E-state index in [1.807, 2.05) is 12.1 Å². The first-order chi connectivity index (χ1) is 9.22. The Hall–Kier alpha value is -1.63. The van der Waals surface area contributed by atoms with Crippen LogP contribution in [0.3, 0.4) is 0 Å². The Labute approximate surface area is 119 Å². The van der Waals surface area contributed by atoms with E-state index in [2.05, 4.69) is 36.0 Å². The third-order valence-corrected chi connectivity index (χ3v) is 3.75. The van der Waals surface area contributed by atoms with Gasteiger partial charge in [0.15, 0.2) is 0 Å². The summed E-state index contributed by atoms with van der Waals surface area (Å²) in [6.07, 6.45) is 3.90. The topological polar surface area (TPSA) is 81.1 Å². The van der Waals surface area contributed by atoms with Crippen molar-refractivity contribution in [3.8, 4) is 0 Å². The van der Waals surface area contributed by atoms with Crippen LogP contribution in [0.25, 0.3) is 0 Å². The van der Waals surface area contributed by atoms with Crippen LogP contribution in [-0.2, 0) is 0 Å². The quantitative estimate of drug-likeness (QED) is 0.912. The zero-order valence-corrected chi connectivity index (χ0v) is 11.9. The molecule has 1 saturated heterocycles. The Kier molecular flexibility index (Phi) is 3.37. The molecule has 1 fully saturated rings. The molecule has 2 aromatic rings. The number of aromatic nitrogens is 3. The molecular weight excluding hydrogens is 310 g/mol. The number of nitrogens with zero attached hydrogens (tertiary/aromatic N) is 4. The van der Waals surface area contributed by atoms with E-state index in [1.165, 1.54) is 0 Å². The minimum atomic E-state index is 0.132. The van der Waals surface area contributed by atoms with Gasteiger partial charge in [-0.3, -0.25) is 0 Å².